The van der Waals surface area contributed by atoms with Gasteiger partial charge in [-0.05, 0) is 49.1 Å². The molecule has 0 aromatic heterocycles. The van der Waals surface area contributed by atoms with Gasteiger partial charge >= 0.3 is 0 Å². The second kappa shape index (κ2) is 10.7. The molecule has 0 atom stereocenters. The third kappa shape index (κ3) is 7.23. The van der Waals surface area contributed by atoms with Gasteiger partial charge in [0.15, 0.2) is 0 Å². The fourth-order valence-corrected chi connectivity index (χ4v) is 3.87. The summed E-state index contributed by atoms with van der Waals surface area (Å²) in [6.07, 6.45) is 3.62. The van der Waals surface area contributed by atoms with Crippen LogP contribution in [0.25, 0.3) is 0 Å². The Labute approximate surface area is 167 Å². The second-order valence-electron chi connectivity index (χ2n) is 6.58. The van der Waals surface area contributed by atoms with Crippen LogP contribution >= 0.6 is 0 Å². The number of amides is 1. The zero-order chi connectivity index (χ0) is 20.4. The number of carbonyl (C=O) groups is 1. The van der Waals surface area contributed by atoms with Crippen molar-refractivity contribution < 1.29 is 17.9 Å². The Kier molecular flexibility index (Phi) is 8.32. The lowest BCUT2D eigenvalue weighted by Crippen LogP contribution is -2.32. The van der Waals surface area contributed by atoms with Crippen LogP contribution in [0, 0.1) is 0 Å². The van der Waals surface area contributed by atoms with Crippen LogP contribution in [-0.4, -0.2) is 40.8 Å². The maximum atomic E-state index is 12.0. The molecule has 0 fully saturated rings. The molecule has 2 aromatic rings. The molecule has 0 radical (unpaired) electrons. The first kappa shape index (κ1) is 21.8. The average molecular weight is 405 g/mol. The van der Waals surface area contributed by atoms with Gasteiger partial charge in [-0.1, -0.05) is 30.3 Å². The molecule has 152 valence electrons. The summed E-state index contributed by atoms with van der Waals surface area (Å²) in [7, 11) is -1.74. The molecule has 0 aliphatic carbocycles. The number of nitrogens with one attached hydrogen (secondary N) is 1. The van der Waals surface area contributed by atoms with Gasteiger partial charge in [-0.25, -0.2) is 8.42 Å². The lowest BCUT2D eigenvalue weighted by atomic mass is 10.1. The number of methoxy groups -OCH3 is 1. The van der Waals surface area contributed by atoms with Crippen LogP contribution in [0.1, 0.15) is 24.8 Å². The van der Waals surface area contributed by atoms with E-state index in [1.807, 2.05) is 30.3 Å². The molecular formula is C21H28N2O4S. The number of rotatable bonds is 11. The fourth-order valence-electron chi connectivity index (χ4n) is 2.90. The lowest BCUT2D eigenvalue weighted by Gasteiger charge is -2.22. The standard InChI is InChI=1S/C21H28N2O4S/c1-27-20-13-6-9-18(17-20)10-7-15-22-21(24)14-8-16-23(28(2,25)26)19-11-4-3-5-12-19/h3-6,9,11-13,17H,7-8,10,14-16H2,1-2H3,(H,22,24). The van der Waals surface area contributed by atoms with Gasteiger partial charge in [0.2, 0.25) is 15.9 Å². The van der Waals surface area contributed by atoms with Gasteiger partial charge < -0.3 is 10.1 Å². The normalized spacial score (nSPS) is 11.1. The predicted molar refractivity (Wildman–Crippen MR) is 112 cm³/mol. The Hall–Kier alpha value is -2.54. The average Bonchev–Trinajstić information content (AvgIpc) is 2.68. The Morgan fingerprint density at radius 3 is 2.50 bits per heavy atom. The molecule has 1 N–H and O–H groups in total. The summed E-state index contributed by atoms with van der Waals surface area (Å²) in [5.41, 5.74) is 1.78. The maximum Gasteiger partial charge on any atom is 0.232 e. The Balaban J connectivity index is 1.71. The van der Waals surface area contributed by atoms with Crippen molar-refractivity contribution in [2.75, 3.05) is 30.8 Å². The number of anilines is 1. The zero-order valence-corrected chi connectivity index (χ0v) is 17.2. The molecule has 0 spiro atoms. The van der Waals surface area contributed by atoms with Crippen molar-refractivity contribution in [1.82, 2.24) is 5.32 Å². The van der Waals surface area contributed by atoms with E-state index >= 15 is 0 Å². The molecule has 7 heteroatoms. The number of carbonyl (C=O) groups excluding carboxylic acids is 1. The van der Waals surface area contributed by atoms with Gasteiger partial charge in [-0.15, -0.1) is 0 Å². The number of hydrogen-bond donors (Lipinski definition) is 1. The third-order valence-electron chi connectivity index (χ3n) is 4.31. The number of benzene rings is 2. The number of ether oxygens (including phenoxy) is 1. The molecule has 6 nitrogen and oxygen atoms in total. The number of nitrogens with zero attached hydrogens (tertiary/aromatic N) is 1. The quantitative estimate of drug-likeness (QED) is 0.584. The third-order valence-corrected chi connectivity index (χ3v) is 5.50. The number of para-hydroxylation sites is 1. The molecule has 28 heavy (non-hydrogen) atoms. The van der Waals surface area contributed by atoms with E-state index in [0.717, 1.165) is 18.6 Å². The highest BCUT2D eigenvalue weighted by atomic mass is 32.2. The molecule has 0 bridgehead atoms. The molecule has 0 unspecified atom stereocenters. The minimum atomic E-state index is -3.38. The first-order chi connectivity index (χ1) is 13.4. The van der Waals surface area contributed by atoms with Gasteiger partial charge in [0.05, 0.1) is 19.1 Å². The van der Waals surface area contributed by atoms with Crippen LogP contribution in [0.2, 0.25) is 0 Å². The number of sulfonamides is 1. The first-order valence-corrected chi connectivity index (χ1v) is 11.2. The van der Waals surface area contributed by atoms with Gasteiger partial charge in [0.1, 0.15) is 5.75 Å². The van der Waals surface area contributed by atoms with Crippen molar-refractivity contribution in [3.8, 4) is 5.75 Å². The first-order valence-electron chi connectivity index (χ1n) is 9.32. The smallest absolute Gasteiger partial charge is 0.232 e. The molecule has 0 saturated carbocycles. The molecule has 2 aromatic carbocycles. The molecule has 1 amide bonds. The Morgan fingerprint density at radius 2 is 1.82 bits per heavy atom. The summed E-state index contributed by atoms with van der Waals surface area (Å²) in [5, 5.41) is 2.90. The van der Waals surface area contributed by atoms with Crippen molar-refractivity contribution >= 4 is 21.6 Å². The fraction of sp³-hybridized carbons (Fsp3) is 0.381. The van der Waals surface area contributed by atoms with E-state index in [-0.39, 0.29) is 18.9 Å². The van der Waals surface area contributed by atoms with Crippen LogP contribution < -0.4 is 14.4 Å². The maximum absolute atomic E-state index is 12.0. The van der Waals surface area contributed by atoms with E-state index in [9.17, 15) is 13.2 Å². The Bertz CT molecular complexity index is 854. The number of hydrogen-bond acceptors (Lipinski definition) is 4. The molecule has 0 aliphatic rings. The lowest BCUT2D eigenvalue weighted by molar-refractivity contribution is -0.121. The van der Waals surface area contributed by atoms with Crippen LogP contribution in [0.4, 0.5) is 5.69 Å². The highest BCUT2D eigenvalue weighted by molar-refractivity contribution is 7.92. The second-order valence-corrected chi connectivity index (χ2v) is 8.49. The summed E-state index contributed by atoms with van der Waals surface area (Å²) < 4.78 is 30.6. The minimum absolute atomic E-state index is 0.0628. The van der Waals surface area contributed by atoms with E-state index in [1.54, 1.807) is 31.4 Å². The molecular weight excluding hydrogens is 376 g/mol. The van der Waals surface area contributed by atoms with E-state index in [1.165, 1.54) is 16.1 Å². The largest absolute Gasteiger partial charge is 0.497 e. The molecule has 0 heterocycles. The van der Waals surface area contributed by atoms with Gasteiger partial charge in [-0.2, -0.15) is 0 Å². The summed E-state index contributed by atoms with van der Waals surface area (Å²) >= 11 is 0. The van der Waals surface area contributed by atoms with Crippen LogP contribution in [0.5, 0.6) is 5.75 Å². The van der Waals surface area contributed by atoms with Gasteiger partial charge in [0, 0.05) is 19.5 Å². The van der Waals surface area contributed by atoms with Crippen LogP contribution in [-0.2, 0) is 21.2 Å². The number of aryl methyl sites for hydroxylation is 1. The van der Waals surface area contributed by atoms with E-state index in [0.29, 0.717) is 18.7 Å². The molecule has 0 saturated heterocycles. The SMILES string of the molecule is COc1cccc(CCCNC(=O)CCCN(c2ccccc2)S(C)(=O)=O)c1. The summed E-state index contributed by atoms with van der Waals surface area (Å²) in [5.74, 6) is 0.766. The Morgan fingerprint density at radius 1 is 1.07 bits per heavy atom. The van der Waals surface area contributed by atoms with Crippen molar-refractivity contribution in [2.45, 2.75) is 25.7 Å². The van der Waals surface area contributed by atoms with Gasteiger partial charge in [-0.3, -0.25) is 9.10 Å². The van der Waals surface area contributed by atoms with Crippen molar-refractivity contribution in [2.24, 2.45) is 0 Å². The summed E-state index contributed by atoms with van der Waals surface area (Å²) in [6, 6.07) is 16.8. The minimum Gasteiger partial charge on any atom is -0.497 e. The highest BCUT2D eigenvalue weighted by Gasteiger charge is 2.17. The van der Waals surface area contributed by atoms with Gasteiger partial charge in [0.25, 0.3) is 0 Å². The highest BCUT2D eigenvalue weighted by Crippen LogP contribution is 2.17. The topological polar surface area (TPSA) is 75.7 Å². The van der Waals surface area contributed by atoms with Crippen molar-refractivity contribution in [1.29, 1.82) is 0 Å². The predicted octanol–water partition coefficient (Wildman–Crippen LogP) is 2.99. The van der Waals surface area contributed by atoms with Crippen molar-refractivity contribution in [3.05, 3.63) is 60.2 Å². The summed E-state index contributed by atoms with van der Waals surface area (Å²) in [4.78, 5) is 12.0. The van der Waals surface area contributed by atoms with Crippen LogP contribution in [0.15, 0.2) is 54.6 Å². The van der Waals surface area contributed by atoms with E-state index in [2.05, 4.69) is 5.32 Å². The summed E-state index contributed by atoms with van der Waals surface area (Å²) in [6.45, 7) is 0.866. The van der Waals surface area contributed by atoms with E-state index < -0.39 is 10.0 Å². The van der Waals surface area contributed by atoms with E-state index in [4.69, 9.17) is 4.74 Å². The zero-order valence-electron chi connectivity index (χ0n) is 16.4. The monoisotopic (exact) mass is 404 g/mol. The van der Waals surface area contributed by atoms with Crippen molar-refractivity contribution in [3.63, 3.8) is 0 Å². The molecule has 0 aliphatic heterocycles. The molecule has 2 rings (SSSR count). The van der Waals surface area contributed by atoms with Crippen LogP contribution in [0.3, 0.4) is 0 Å².